The Labute approximate surface area is 156 Å². The highest BCUT2D eigenvalue weighted by Crippen LogP contribution is 2.26. The smallest absolute Gasteiger partial charge is 0.312 e. The second-order valence-electron chi connectivity index (χ2n) is 6.38. The summed E-state index contributed by atoms with van der Waals surface area (Å²) in [6.07, 6.45) is 2.90. The molecule has 142 valence electrons. The molecule has 0 saturated carbocycles. The van der Waals surface area contributed by atoms with Gasteiger partial charge in [0.25, 0.3) is 5.69 Å². The van der Waals surface area contributed by atoms with E-state index in [1.54, 1.807) is 6.07 Å². The molecule has 9 heteroatoms. The fraction of sp³-hybridized carbons (Fsp3) is 0.278. The minimum Gasteiger partial charge on any atom is -0.481 e. The fourth-order valence-corrected chi connectivity index (χ4v) is 4.23. The molecule has 0 bridgehead atoms. The third-order valence-electron chi connectivity index (χ3n) is 4.66. The van der Waals surface area contributed by atoms with E-state index in [9.17, 15) is 28.4 Å². The molecule has 1 atom stereocenters. The van der Waals surface area contributed by atoms with Crippen LogP contribution in [0.25, 0.3) is 0 Å². The van der Waals surface area contributed by atoms with Crippen molar-refractivity contribution < 1.29 is 23.2 Å². The predicted octanol–water partition coefficient (Wildman–Crippen LogP) is 2.23. The van der Waals surface area contributed by atoms with Gasteiger partial charge in [0.1, 0.15) is 0 Å². The summed E-state index contributed by atoms with van der Waals surface area (Å²) >= 11 is 0. The minimum absolute atomic E-state index is 0.161. The van der Waals surface area contributed by atoms with E-state index in [0.717, 1.165) is 49.1 Å². The van der Waals surface area contributed by atoms with Gasteiger partial charge in [-0.05, 0) is 48.1 Å². The first-order valence-corrected chi connectivity index (χ1v) is 9.85. The maximum atomic E-state index is 12.4. The second kappa shape index (κ2) is 7.45. The lowest BCUT2D eigenvalue weighted by molar-refractivity contribution is -0.384. The zero-order chi connectivity index (χ0) is 19.6. The third kappa shape index (κ3) is 4.15. The molecule has 27 heavy (non-hydrogen) atoms. The van der Waals surface area contributed by atoms with Crippen LogP contribution < -0.4 is 4.72 Å². The summed E-state index contributed by atoms with van der Waals surface area (Å²) in [5, 5.41) is 20.2. The minimum atomic E-state index is -3.99. The number of fused-ring (bicyclic) bond motifs is 1. The molecule has 0 spiro atoms. The van der Waals surface area contributed by atoms with Crippen LogP contribution in [0.2, 0.25) is 0 Å². The van der Waals surface area contributed by atoms with Crippen LogP contribution in [0.1, 0.15) is 29.0 Å². The Morgan fingerprint density at radius 3 is 2.44 bits per heavy atom. The molecule has 1 unspecified atom stereocenters. The molecule has 3 rings (SSSR count). The second-order valence-corrected chi connectivity index (χ2v) is 8.14. The predicted molar refractivity (Wildman–Crippen MR) is 97.1 cm³/mol. The van der Waals surface area contributed by atoms with Crippen molar-refractivity contribution in [1.82, 2.24) is 4.72 Å². The normalized spacial score (nSPS) is 14.5. The summed E-state index contributed by atoms with van der Waals surface area (Å²) in [4.78, 5) is 21.5. The Kier molecular flexibility index (Phi) is 5.24. The number of nitro benzene ring substituents is 1. The van der Waals surface area contributed by atoms with Crippen molar-refractivity contribution >= 4 is 21.7 Å². The van der Waals surface area contributed by atoms with E-state index in [1.165, 1.54) is 5.56 Å². The van der Waals surface area contributed by atoms with E-state index in [2.05, 4.69) is 4.72 Å². The number of sulfonamides is 1. The van der Waals surface area contributed by atoms with E-state index in [-0.39, 0.29) is 17.1 Å². The number of carboxylic acids is 1. The third-order valence-corrected chi connectivity index (χ3v) is 6.10. The molecule has 2 N–H and O–H groups in total. The maximum absolute atomic E-state index is 12.4. The van der Waals surface area contributed by atoms with E-state index in [4.69, 9.17) is 0 Å². The van der Waals surface area contributed by atoms with Gasteiger partial charge in [-0.3, -0.25) is 14.9 Å². The van der Waals surface area contributed by atoms with Gasteiger partial charge in [0.15, 0.2) is 0 Å². The molecule has 2 aromatic rings. The molecule has 0 amide bonds. The summed E-state index contributed by atoms with van der Waals surface area (Å²) in [6.45, 7) is -0.312. The first kappa shape index (κ1) is 19.0. The Morgan fingerprint density at radius 1 is 1.15 bits per heavy atom. The van der Waals surface area contributed by atoms with Gasteiger partial charge in [-0.2, -0.15) is 0 Å². The van der Waals surface area contributed by atoms with Crippen LogP contribution in [0.3, 0.4) is 0 Å². The molecule has 1 aliphatic rings. The van der Waals surface area contributed by atoms with E-state index < -0.39 is 26.8 Å². The average molecular weight is 390 g/mol. The number of nitrogens with zero attached hydrogens (tertiary/aromatic N) is 1. The van der Waals surface area contributed by atoms with Crippen LogP contribution in [-0.2, 0) is 27.7 Å². The van der Waals surface area contributed by atoms with Crippen molar-refractivity contribution in [3.8, 4) is 0 Å². The molecule has 8 nitrogen and oxygen atoms in total. The van der Waals surface area contributed by atoms with Crippen molar-refractivity contribution in [2.45, 2.75) is 30.1 Å². The van der Waals surface area contributed by atoms with Crippen molar-refractivity contribution in [3.05, 3.63) is 69.3 Å². The Bertz CT molecular complexity index is 985. The first-order valence-electron chi connectivity index (χ1n) is 8.36. The van der Waals surface area contributed by atoms with Crippen LogP contribution in [0.5, 0.6) is 0 Å². The molecular formula is C18H18N2O6S. The van der Waals surface area contributed by atoms with Gasteiger partial charge in [-0.25, -0.2) is 13.1 Å². The average Bonchev–Trinajstić information content (AvgIpc) is 3.09. The maximum Gasteiger partial charge on any atom is 0.312 e. The van der Waals surface area contributed by atoms with Crippen molar-refractivity contribution in [3.63, 3.8) is 0 Å². The monoisotopic (exact) mass is 390 g/mol. The number of non-ortho nitro benzene ring substituents is 1. The number of nitro groups is 1. The molecular weight excluding hydrogens is 372 g/mol. The number of rotatable bonds is 7. The molecule has 2 aromatic carbocycles. The number of carbonyl (C=O) groups is 1. The summed E-state index contributed by atoms with van der Waals surface area (Å²) in [7, 11) is -3.99. The van der Waals surface area contributed by atoms with Crippen molar-refractivity contribution in [1.29, 1.82) is 0 Å². The van der Waals surface area contributed by atoms with Gasteiger partial charge in [0, 0.05) is 18.7 Å². The highest BCUT2D eigenvalue weighted by Gasteiger charge is 2.25. The molecule has 0 aliphatic heterocycles. The molecule has 1 aliphatic carbocycles. The van der Waals surface area contributed by atoms with E-state index in [1.807, 2.05) is 12.1 Å². The molecule has 0 heterocycles. The Hall–Kier alpha value is -2.78. The SMILES string of the molecule is O=C(O)C(CNS(=O)(=O)c1ccc([N+](=O)[O-])cc1)c1ccc2c(c1)CCC2. The van der Waals surface area contributed by atoms with E-state index >= 15 is 0 Å². The van der Waals surface area contributed by atoms with Crippen LogP contribution >= 0.6 is 0 Å². The zero-order valence-corrected chi connectivity index (χ0v) is 15.1. The van der Waals surface area contributed by atoms with Crippen LogP contribution in [0.4, 0.5) is 5.69 Å². The van der Waals surface area contributed by atoms with Crippen LogP contribution in [-0.4, -0.2) is 31.0 Å². The number of aryl methyl sites for hydroxylation is 2. The topological polar surface area (TPSA) is 127 Å². The lowest BCUT2D eigenvalue weighted by Gasteiger charge is -2.15. The lowest BCUT2D eigenvalue weighted by atomic mass is 9.96. The van der Waals surface area contributed by atoms with Gasteiger partial charge in [-0.1, -0.05) is 18.2 Å². The summed E-state index contributed by atoms with van der Waals surface area (Å²) < 4.78 is 27.1. The molecule has 0 radical (unpaired) electrons. The zero-order valence-electron chi connectivity index (χ0n) is 14.3. The largest absolute Gasteiger partial charge is 0.481 e. The van der Waals surface area contributed by atoms with Gasteiger partial charge < -0.3 is 5.11 Å². The summed E-state index contributed by atoms with van der Waals surface area (Å²) in [5.41, 5.74) is 2.64. The van der Waals surface area contributed by atoms with Gasteiger partial charge >= 0.3 is 5.97 Å². The molecule has 0 saturated heterocycles. The summed E-state index contributed by atoms with van der Waals surface area (Å²) in [6, 6.07) is 9.87. The Morgan fingerprint density at radius 2 is 1.81 bits per heavy atom. The Balaban J connectivity index is 1.77. The number of hydrogen-bond donors (Lipinski definition) is 2. The van der Waals surface area contributed by atoms with Gasteiger partial charge in [-0.15, -0.1) is 0 Å². The number of aliphatic carboxylic acids is 1. The van der Waals surface area contributed by atoms with E-state index in [0.29, 0.717) is 5.56 Å². The van der Waals surface area contributed by atoms with Crippen LogP contribution in [0.15, 0.2) is 47.4 Å². The number of carboxylic acid groups (broad SMARTS) is 1. The standard InChI is InChI=1S/C18H18N2O6S/c21-18(22)17(14-5-4-12-2-1-3-13(12)10-14)11-19-27(25,26)16-8-6-15(7-9-16)20(23)24/h4-10,17,19H,1-3,11H2,(H,21,22). The van der Waals surface area contributed by atoms with Crippen molar-refractivity contribution in [2.24, 2.45) is 0 Å². The van der Waals surface area contributed by atoms with Crippen LogP contribution in [0, 0.1) is 10.1 Å². The number of hydrogen-bond acceptors (Lipinski definition) is 5. The van der Waals surface area contributed by atoms with Gasteiger partial charge in [0.2, 0.25) is 10.0 Å². The fourth-order valence-electron chi connectivity index (χ4n) is 3.18. The number of benzene rings is 2. The molecule has 0 aromatic heterocycles. The van der Waals surface area contributed by atoms with Crippen molar-refractivity contribution in [2.75, 3.05) is 6.54 Å². The summed E-state index contributed by atoms with van der Waals surface area (Å²) in [5.74, 6) is -2.15. The molecule has 0 fully saturated rings. The quantitative estimate of drug-likeness (QED) is 0.551. The first-order chi connectivity index (χ1) is 12.8. The highest BCUT2D eigenvalue weighted by molar-refractivity contribution is 7.89. The van der Waals surface area contributed by atoms with Gasteiger partial charge in [0.05, 0.1) is 15.7 Å². The lowest BCUT2D eigenvalue weighted by Crippen LogP contribution is -2.31. The number of nitrogens with one attached hydrogen (secondary N) is 1. The highest BCUT2D eigenvalue weighted by atomic mass is 32.2.